The summed E-state index contributed by atoms with van der Waals surface area (Å²) < 4.78 is 5.45. The van der Waals surface area contributed by atoms with Crippen LogP contribution >= 0.6 is 0 Å². The maximum Gasteiger partial charge on any atom is 0.414 e. The van der Waals surface area contributed by atoms with Crippen molar-refractivity contribution >= 4 is 11.9 Å². The molecule has 0 aliphatic rings. The van der Waals surface area contributed by atoms with Crippen molar-refractivity contribution in [2.45, 2.75) is 12.1 Å². The number of furan rings is 1. The SMILES string of the molecule is CN(C)C(CNCC(O)c1ccccc1)c1ccco1.O=C(O)C(=O)O. The molecule has 0 saturated carbocycles. The normalized spacial score (nSPS) is 12.8. The number of nitrogens with one attached hydrogen (secondary N) is 1. The minimum absolute atomic E-state index is 0.160. The molecule has 26 heavy (non-hydrogen) atoms. The van der Waals surface area contributed by atoms with E-state index in [1.165, 1.54) is 0 Å². The molecule has 8 heteroatoms. The molecule has 142 valence electrons. The Morgan fingerprint density at radius 1 is 1.04 bits per heavy atom. The maximum atomic E-state index is 10.1. The Morgan fingerprint density at radius 2 is 1.65 bits per heavy atom. The van der Waals surface area contributed by atoms with E-state index >= 15 is 0 Å². The van der Waals surface area contributed by atoms with E-state index in [-0.39, 0.29) is 6.04 Å². The molecule has 1 heterocycles. The van der Waals surface area contributed by atoms with Gasteiger partial charge >= 0.3 is 11.9 Å². The van der Waals surface area contributed by atoms with Gasteiger partial charge in [-0.25, -0.2) is 9.59 Å². The van der Waals surface area contributed by atoms with E-state index in [1.54, 1.807) is 6.26 Å². The lowest BCUT2D eigenvalue weighted by molar-refractivity contribution is -0.159. The molecule has 2 unspecified atom stereocenters. The van der Waals surface area contributed by atoms with Crippen molar-refractivity contribution in [1.82, 2.24) is 10.2 Å². The molecule has 2 rings (SSSR count). The van der Waals surface area contributed by atoms with E-state index in [9.17, 15) is 5.11 Å². The van der Waals surface area contributed by atoms with Crippen molar-refractivity contribution in [3.63, 3.8) is 0 Å². The molecule has 1 aromatic heterocycles. The lowest BCUT2D eigenvalue weighted by Crippen LogP contribution is -2.33. The third-order valence-electron chi connectivity index (χ3n) is 3.54. The molecule has 0 radical (unpaired) electrons. The Hall–Kier alpha value is -2.68. The lowest BCUT2D eigenvalue weighted by atomic mass is 10.1. The third-order valence-corrected chi connectivity index (χ3v) is 3.54. The number of benzene rings is 1. The van der Waals surface area contributed by atoms with Crippen LogP contribution < -0.4 is 5.32 Å². The number of carboxylic acid groups (broad SMARTS) is 2. The van der Waals surface area contributed by atoms with Gasteiger partial charge in [0.05, 0.1) is 18.4 Å². The molecule has 4 N–H and O–H groups in total. The lowest BCUT2D eigenvalue weighted by Gasteiger charge is -2.23. The highest BCUT2D eigenvalue weighted by Crippen LogP contribution is 2.18. The van der Waals surface area contributed by atoms with Gasteiger partial charge in [0.1, 0.15) is 5.76 Å². The van der Waals surface area contributed by atoms with Crippen molar-refractivity contribution in [3.05, 3.63) is 60.1 Å². The number of hydrogen-bond donors (Lipinski definition) is 4. The number of aliphatic hydroxyl groups excluding tert-OH is 1. The molecule has 0 aliphatic heterocycles. The number of carbonyl (C=O) groups is 2. The van der Waals surface area contributed by atoms with Gasteiger partial charge in [-0.3, -0.25) is 4.90 Å². The van der Waals surface area contributed by atoms with Crippen LogP contribution in [-0.2, 0) is 9.59 Å². The molecule has 0 bridgehead atoms. The fourth-order valence-corrected chi connectivity index (χ4v) is 2.17. The van der Waals surface area contributed by atoms with Crippen LogP contribution in [0.3, 0.4) is 0 Å². The number of aliphatic carboxylic acids is 2. The second kappa shape index (κ2) is 11.0. The molecule has 0 spiro atoms. The molecular weight excluding hydrogens is 340 g/mol. The molecule has 0 aliphatic carbocycles. The number of hydrogen-bond acceptors (Lipinski definition) is 6. The number of aliphatic hydroxyl groups is 1. The standard InChI is InChI=1S/C16H22N2O2.C2H2O4/c1-18(2)14(16-9-6-10-20-16)11-17-12-15(19)13-7-4-3-5-8-13;3-1(4)2(5)6/h3-10,14-15,17,19H,11-12H2,1-2H3;(H,3,4)(H,5,6). The van der Waals surface area contributed by atoms with Gasteiger partial charge in [-0.2, -0.15) is 0 Å². The highest BCUT2D eigenvalue weighted by atomic mass is 16.4. The minimum Gasteiger partial charge on any atom is -0.473 e. The van der Waals surface area contributed by atoms with Gasteiger partial charge in [-0.1, -0.05) is 30.3 Å². The van der Waals surface area contributed by atoms with Crippen LogP contribution in [0, 0.1) is 0 Å². The predicted octanol–water partition coefficient (Wildman–Crippen LogP) is 1.36. The van der Waals surface area contributed by atoms with E-state index in [4.69, 9.17) is 24.2 Å². The smallest absolute Gasteiger partial charge is 0.414 e. The van der Waals surface area contributed by atoms with Crippen molar-refractivity contribution < 1.29 is 29.3 Å². The van der Waals surface area contributed by atoms with Crippen LogP contribution in [0.2, 0.25) is 0 Å². The van der Waals surface area contributed by atoms with Crippen LogP contribution in [0.15, 0.2) is 53.1 Å². The summed E-state index contributed by atoms with van der Waals surface area (Å²) in [7, 11) is 4.03. The van der Waals surface area contributed by atoms with Crippen molar-refractivity contribution in [1.29, 1.82) is 0 Å². The van der Waals surface area contributed by atoms with Crippen LogP contribution in [0.1, 0.15) is 23.5 Å². The molecule has 0 amide bonds. The molecule has 0 saturated heterocycles. The average Bonchev–Trinajstić information content (AvgIpc) is 3.13. The number of likely N-dealkylation sites (N-methyl/N-ethyl adjacent to an activating group) is 1. The first-order valence-electron chi connectivity index (χ1n) is 7.92. The van der Waals surface area contributed by atoms with Crippen LogP contribution in [0.4, 0.5) is 0 Å². The predicted molar refractivity (Wildman–Crippen MR) is 94.7 cm³/mol. The van der Waals surface area contributed by atoms with Gasteiger partial charge in [0.15, 0.2) is 0 Å². The minimum atomic E-state index is -1.82. The Balaban J connectivity index is 0.000000487. The average molecular weight is 364 g/mol. The van der Waals surface area contributed by atoms with E-state index in [2.05, 4.69) is 10.2 Å². The summed E-state index contributed by atoms with van der Waals surface area (Å²) in [5.41, 5.74) is 0.930. The Kier molecular flexibility index (Phi) is 9.07. The van der Waals surface area contributed by atoms with Gasteiger partial charge in [-0.15, -0.1) is 0 Å². The second-order valence-electron chi connectivity index (χ2n) is 5.69. The topological polar surface area (TPSA) is 123 Å². The summed E-state index contributed by atoms with van der Waals surface area (Å²) in [6.07, 6.45) is 1.19. The van der Waals surface area contributed by atoms with Gasteiger partial charge in [-0.05, 0) is 31.8 Å². The number of nitrogens with zero attached hydrogens (tertiary/aromatic N) is 1. The molecular formula is C18H24N2O6. The highest BCUT2D eigenvalue weighted by molar-refractivity contribution is 6.27. The van der Waals surface area contributed by atoms with Gasteiger partial charge < -0.3 is 25.1 Å². The fourth-order valence-electron chi connectivity index (χ4n) is 2.17. The van der Waals surface area contributed by atoms with Gasteiger partial charge in [0.2, 0.25) is 0 Å². The van der Waals surface area contributed by atoms with Crippen LogP contribution in [0.25, 0.3) is 0 Å². The molecule has 2 atom stereocenters. The Bertz CT molecular complexity index is 646. The first kappa shape index (κ1) is 21.4. The van der Waals surface area contributed by atoms with E-state index in [1.807, 2.05) is 56.6 Å². The fraction of sp³-hybridized carbons (Fsp3) is 0.333. The van der Waals surface area contributed by atoms with Crippen molar-refractivity contribution in [2.24, 2.45) is 0 Å². The molecule has 2 aromatic rings. The second-order valence-corrected chi connectivity index (χ2v) is 5.69. The Morgan fingerprint density at radius 3 is 2.12 bits per heavy atom. The first-order valence-corrected chi connectivity index (χ1v) is 7.92. The highest BCUT2D eigenvalue weighted by Gasteiger charge is 2.17. The quantitative estimate of drug-likeness (QED) is 0.543. The van der Waals surface area contributed by atoms with Crippen molar-refractivity contribution in [2.75, 3.05) is 27.2 Å². The van der Waals surface area contributed by atoms with Crippen LogP contribution in [-0.4, -0.2) is 59.3 Å². The summed E-state index contributed by atoms with van der Waals surface area (Å²) in [5, 5.41) is 28.2. The number of rotatable bonds is 7. The third kappa shape index (κ3) is 7.47. The van der Waals surface area contributed by atoms with Gasteiger partial charge in [0.25, 0.3) is 0 Å². The Labute approximate surface area is 151 Å². The number of carboxylic acids is 2. The summed E-state index contributed by atoms with van der Waals surface area (Å²) >= 11 is 0. The van der Waals surface area contributed by atoms with Gasteiger partial charge in [0, 0.05) is 13.1 Å². The summed E-state index contributed by atoms with van der Waals surface area (Å²) in [5.74, 6) is -2.72. The monoisotopic (exact) mass is 364 g/mol. The largest absolute Gasteiger partial charge is 0.473 e. The van der Waals surface area contributed by atoms with Crippen molar-refractivity contribution in [3.8, 4) is 0 Å². The zero-order valence-corrected chi connectivity index (χ0v) is 14.7. The zero-order chi connectivity index (χ0) is 19.5. The maximum absolute atomic E-state index is 10.1. The molecule has 8 nitrogen and oxygen atoms in total. The first-order chi connectivity index (χ1) is 12.3. The van der Waals surface area contributed by atoms with E-state index in [0.29, 0.717) is 6.54 Å². The zero-order valence-electron chi connectivity index (χ0n) is 14.7. The molecule has 1 aromatic carbocycles. The molecule has 0 fully saturated rings. The van der Waals surface area contributed by atoms with E-state index < -0.39 is 18.0 Å². The summed E-state index contributed by atoms with van der Waals surface area (Å²) in [4.78, 5) is 20.3. The van der Waals surface area contributed by atoms with Crippen LogP contribution in [0.5, 0.6) is 0 Å². The summed E-state index contributed by atoms with van der Waals surface area (Å²) in [6, 6.07) is 13.7. The van der Waals surface area contributed by atoms with E-state index in [0.717, 1.165) is 17.9 Å². The summed E-state index contributed by atoms with van der Waals surface area (Å²) in [6.45, 7) is 1.25.